The largest absolute Gasteiger partial charge is 0.458 e. The van der Waals surface area contributed by atoms with Crippen LogP contribution in [0.25, 0.3) is 0 Å². The third-order valence-corrected chi connectivity index (χ3v) is 12.6. The zero-order valence-electron chi connectivity index (χ0n) is 21.0. The molecule has 176 valence electrons. The predicted octanol–water partition coefficient (Wildman–Crippen LogP) is 5.95. The van der Waals surface area contributed by atoms with Crippen LogP contribution in [0, 0.1) is 10.8 Å². The standard InChI is InChI=1S/C25H42O5Si/c1-17-11-14-25(22(15-17)30-20(4)27,16-28-31(9,10)23(5,6)7)24(8)13-12-21(18(24)2)29-19(3)26/h15,21-22H,2,11-14,16H2,1,3-10H3/t21-,22-,24+,25-/m0/s1. The second-order valence-corrected chi connectivity index (χ2v) is 16.1. The lowest BCUT2D eigenvalue weighted by molar-refractivity contribution is -0.160. The first kappa shape index (κ1) is 25.9. The number of esters is 2. The normalized spacial score (nSPS) is 31.9. The van der Waals surface area contributed by atoms with E-state index in [1.165, 1.54) is 19.4 Å². The van der Waals surface area contributed by atoms with Crippen LogP contribution in [0.3, 0.4) is 0 Å². The van der Waals surface area contributed by atoms with Gasteiger partial charge in [-0.25, -0.2) is 0 Å². The molecule has 0 unspecified atom stereocenters. The molecule has 2 aliphatic rings. The van der Waals surface area contributed by atoms with E-state index in [1.54, 1.807) is 0 Å². The molecule has 0 radical (unpaired) electrons. The van der Waals surface area contributed by atoms with Crippen LogP contribution in [0.15, 0.2) is 23.8 Å². The summed E-state index contributed by atoms with van der Waals surface area (Å²) in [7, 11) is -2.05. The Bertz CT molecular complexity index is 762. The van der Waals surface area contributed by atoms with Crippen molar-refractivity contribution in [3.05, 3.63) is 23.8 Å². The minimum Gasteiger partial charge on any atom is -0.458 e. The minimum absolute atomic E-state index is 0.0689. The highest BCUT2D eigenvalue weighted by Gasteiger charge is 2.60. The summed E-state index contributed by atoms with van der Waals surface area (Å²) in [4.78, 5) is 23.8. The smallest absolute Gasteiger partial charge is 0.303 e. The first-order valence-corrected chi connectivity index (χ1v) is 14.3. The second-order valence-electron chi connectivity index (χ2n) is 11.2. The van der Waals surface area contributed by atoms with Crippen molar-refractivity contribution in [1.82, 2.24) is 0 Å². The lowest BCUT2D eigenvalue weighted by Gasteiger charge is -2.54. The molecule has 4 atom stereocenters. The van der Waals surface area contributed by atoms with Crippen molar-refractivity contribution in [2.75, 3.05) is 6.61 Å². The molecule has 0 aromatic heterocycles. The molecule has 2 aliphatic carbocycles. The van der Waals surface area contributed by atoms with Crippen LogP contribution in [-0.2, 0) is 23.5 Å². The number of carbonyl (C=O) groups is 2. The molecule has 0 aromatic rings. The van der Waals surface area contributed by atoms with Crippen molar-refractivity contribution in [2.24, 2.45) is 10.8 Å². The van der Waals surface area contributed by atoms with Gasteiger partial charge in [-0.15, -0.1) is 0 Å². The summed E-state index contributed by atoms with van der Waals surface area (Å²) in [6, 6.07) is 0. The van der Waals surface area contributed by atoms with E-state index in [0.29, 0.717) is 6.61 Å². The van der Waals surface area contributed by atoms with Crippen molar-refractivity contribution < 1.29 is 23.5 Å². The molecule has 0 spiro atoms. The molecule has 0 heterocycles. The Morgan fingerprint density at radius 3 is 2.26 bits per heavy atom. The zero-order valence-corrected chi connectivity index (χ0v) is 22.0. The van der Waals surface area contributed by atoms with Gasteiger partial charge >= 0.3 is 11.9 Å². The number of hydrogen-bond acceptors (Lipinski definition) is 5. The van der Waals surface area contributed by atoms with Gasteiger partial charge in [0.05, 0.1) is 0 Å². The van der Waals surface area contributed by atoms with E-state index < -0.39 is 19.8 Å². The highest BCUT2D eigenvalue weighted by Crippen LogP contribution is 2.61. The average molecular weight is 451 g/mol. The van der Waals surface area contributed by atoms with Crippen LogP contribution in [-0.4, -0.2) is 39.1 Å². The Morgan fingerprint density at radius 2 is 1.74 bits per heavy atom. The Balaban J connectivity index is 2.54. The number of carbonyl (C=O) groups excluding carboxylic acids is 2. The second kappa shape index (κ2) is 8.85. The highest BCUT2D eigenvalue weighted by atomic mass is 28.4. The molecule has 6 heteroatoms. The van der Waals surface area contributed by atoms with Crippen LogP contribution < -0.4 is 0 Å². The number of hydrogen-bond donors (Lipinski definition) is 0. The van der Waals surface area contributed by atoms with Gasteiger partial charge in [0.1, 0.15) is 12.2 Å². The van der Waals surface area contributed by atoms with E-state index in [0.717, 1.165) is 31.3 Å². The molecule has 0 bridgehead atoms. The van der Waals surface area contributed by atoms with Crippen LogP contribution in [0.2, 0.25) is 18.1 Å². The van der Waals surface area contributed by atoms with E-state index >= 15 is 0 Å². The van der Waals surface area contributed by atoms with Gasteiger partial charge in [-0.2, -0.15) is 0 Å². The van der Waals surface area contributed by atoms with Crippen LogP contribution >= 0.6 is 0 Å². The van der Waals surface area contributed by atoms with Gasteiger partial charge in [-0.05, 0) is 62.4 Å². The zero-order chi connectivity index (χ0) is 23.8. The third kappa shape index (κ3) is 5.00. The van der Waals surface area contributed by atoms with Crippen LogP contribution in [0.4, 0.5) is 0 Å². The maximum absolute atomic E-state index is 12.1. The van der Waals surface area contributed by atoms with E-state index in [2.05, 4.69) is 60.4 Å². The van der Waals surface area contributed by atoms with E-state index in [4.69, 9.17) is 13.9 Å². The van der Waals surface area contributed by atoms with Gasteiger partial charge in [0.25, 0.3) is 0 Å². The topological polar surface area (TPSA) is 61.8 Å². The lowest BCUT2D eigenvalue weighted by Crippen LogP contribution is -2.56. The number of rotatable bonds is 6. The molecule has 5 nitrogen and oxygen atoms in total. The molecule has 0 aliphatic heterocycles. The Hall–Kier alpha value is -1.40. The molecular weight excluding hydrogens is 408 g/mol. The highest BCUT2D eigenvalue weighted by molar-refractivity contribution is 6.74. The van der Waals surface area contributed by atoms with Gasteiger partial charge < -0.3 is 13.9 Å². The first-order valence-electron chi connectivity index (χ1n) is 11.4. The molecule has 0 N–H and O–H groups in total. The molecule has 1 fully saturated rings. The van der Waals surface area contributed by atoms with E-state index in [9.17, 15) is 9.59 Å². The molecule has 2 rings (SSSR count). The summed E-state index contributed by atoms with van der Waals surface area (Å²) in [5.41, 5.74) is 1.29. The molecule has 31 heavy (non-hydrogen) atoms. The van der Waals surface area contributed by atoms with Crippen molar-refractivity contribution >= 4 is 20.3 Å². The summed E-state index contributed by atoms with van der Waals surface area (Å²) in [5, 5.41) is 0.0689. The quantitative estimate of drug-likeness (QED) is 0.284. The van der Waals surface area contributed by atoms with Gasteiger partial charge in [0, 0.05) is 31.3 Å². The van der Waals surface area contributed by atoms with Gasteiger partial charge in [-0.3, -0.25) is 9.59 Å². The summed E-state index contributed by atoms with van der Waals surface area (Å²) < 4.78 is 18.3. The molecule has 0 amide bonds. The summed E-state index contributed by atoms with van der Waals surface area (Å²) in [6.07, 6.45) is 4.68. The maximum Gasteiger partial charge on any atom is 0.303 e. The first-order chi connectivity index (χ1) is 14.1. The van der Waals surface area contributed by atoms with Crippen molar-refractivity contribution in [1.29, 1.82) is 0 Å². The van der Waals surface area contributed by atoms with E-state index in [-0.39, 0.29) is 28.5 Å². The van der Waals surface area contributed by atoms with Crippen LogP contribution in [0.5, 0.6) is 0 Å². The van der Waals surface area contributed by atoms with Crippen molar-refractivity contribution in [2.45, 2.75) is 104 Å². The Kier molecular flexibility index (Phi) is 7.38. The fourth-order valence-corrected chi connectivity index (χ4v) is 5.88. The van der Waals surface area contributed by atoms with Crippen molar-refractivity contribution in [3.63, 3.8) is 0 Å². The lowest BCUT2D eigenvalue weighted by atomic mass is 9.55. The SMILES string of the molecule is C=C1[C@@H](OC(C)=O)CC[C@@]1(C)[C@]1(CO[Si](C)(C)C(C)(C)C)CCC(C)=C[C@@H]1OC(C)=O. The number of allylic oxidation sites excluding steroid dienone is 1. The minimum atomic E-state index is -2.05. The Morgan fingerprint density at radius 1 is 1.16 bits per heavy atom. The fourth-order valence-electron chi connectivity index (χ4n) is 4.83. The third-order valence-electron chi connectivity index (χ3n) is 8.15. The van der Waals surface area contributed by atoms with Crippen LogP contribution in [0.1, 0.15) is 74.1 Å². The van der Waals surface area contributed by atoms with Gasteiger partial charge in [0.15, 0.2) is 8.32 Å². The van der Waals surface area contributed by atoms with E-state index in [1.807, 2.05) is 0 Å². The molecule has 0 saturated heterocycles. The van der Waals surface area contributed by atoms with Crippen molar-refractivity contribution in [3.8, 4) is 0 Å². The van der Waals surface area contributed by atoms with Gasteiger partial charge in [0.2, 0.25) is 0 Å². The monoisotopic (exact) mass is 450 g/mol. The summed E-state index contributed by atoms with van der Waals surface area (Å²) >= 11 is 0. The summed E-state index contributed by atoms with van der Waals surface area (Å²) in [5.74, 6) is -0.589. The summed E-state index contributed by atoms with van der Waals surface area (Å²) in [6.45, 7) is 23.3. The number of ether oxygens (including phenoxy) is 2. The molecule has 0 aromatic carbocycles. The molecular formula is C25H42O5Si. The average Bonchev–Trinajstić information content (AvgIpc) is 2.89. The maximum atomic E-state index is 12.1. The fraction of sp³-hybridized carbons (Fsp3) is 0.760. The van der Waals surface area contributed by atoms with Gasteiger partial charge in [-0.1, -0.05) is 39.8 Å². The Labute approximate surface area is 189 Å². The molecule has 1 saturated carbocycles. The predicted molar refractivity (Wildman–Crippen MR) is 126 cm³/mol.